The molecule has 1 aromatic carbocycles. The third-order valence-corrected chi connectivity index (χ3v) is 6.71. The normalized spacial score (nSPS) is 20.9. The van der Waals surface area contributed by atoms with Crippen LogP contribution in [0.5, 0.6) is 0 Å². The largest absolute Gasteiger partial charge is 0.379 e. The van der Waals surface area contributed by atoms with Crippen LogP contribution in [-0.2, 0) is 4.74 Å². The van der Waals surface area contributed by atoms with Crippen molar-refractivity contribution in [3.8, 4) is 5.69 Å². The van der Waals surface area contributed by atoms with E-state index in [1.807, 2.05) is 41.1 Å². The molecule has 2 unspecified atom stereocenters. The standard InChI is InChI=1S/C24H26N6O3S/c31-30(32)19-6-3-5-18(17-19)28-10-4-8-21(28)23-22(20-7-1-2-9-25-20)26-24(34)29(23)12-11-27-13-15-33-16-14-27/h1-10,17,22-23H,11-16H2,(H,26,34). The van der Waals surface area contributed by atoms with Crippen molar-refractivity contribution in [2.45, 2.75) is 12.1 Å². The lowest BCUT2D eigenvalue weighted by molar-refractivity contribution is -0.384. The van der Waals surface area contributed by atoms with E-state index >= 15 is 0 Å². The van der Waals surface area contributed by atoms with Gasteiger partial charge in [0.2, 0.25) is 0 Å². The van der Waals surface area contributed by atoms with Crippen LogP contribution in [0.3, 0.4) is 0 Å². The number of pyridine rings is 1. The Hall–Kier alpha value is -3.34. The number of non-ortho nitro benzene ring substituents is 1. The van der Waals surface area contributed by atoms with E-state index in [-0.39, 0.29) is 22.7 Å². The molecule has 2 saturated heterocycles. The van der Waals surface area contributed by atoms with Crippen molar-refractivity contribution in [2.75, 3.05) is 39.4 Å². The molecule has 1 N–H and O–H groups in total. The zero-order valence-electron chi connectivity index (χ0n) is 18.6. The number of benzene rings is 1. The molecular weight excluding hydrogens is 452 g/mol. The van der Waals surface area contributed by atoms with Gasteiger partial charge in [0.05, 0.1) is 41.6 Å². The molecule has 0 spiro atoms. The molecule has 2 aliphatic rings. The number of hydrogen-bond acceptors (Lipinski definition) is 6. The molecule has 2 aliphatic heterocycles. The summed E-state index contributed by atoms with van der Waals surface area (Å²) in [4.78, 5) is 20.2. The second-order valence-corrected chi connectivity index (χ2v) is 8.74. The molecule has 176 valence electrons. The van der Waals surface area contributed by atoms with Crippen LogP contribution in [0.25, 0.3) is 5.69 Å². The van der Waals surface area contributed by atoms with Gasteiger partial charge in [-0.1, -0.05) is 12.1 Å². The van der Waals surface area contributed by atoms with Crippen LogP contribution in [0.15, 0.2) is 67.0 Å². The summed E-state index contributed by atoms with van der Waals surface area (Å²) in [6.45, 7) is 4.93. The van der Waals surface area contributed by atoms with Gasteiger partial charge in [-0.25, -0.2) is 0 Å². The quantitative estimate of drug-likeness (QED) is 0.315. The number of rotatable bonds is 7. The van der Waals surface area contributed by atoms with Gasteiger partial charge < -0.3 is 19.5 Å². The van der Waals surface area contributed by atoms with Crippen molar-refractivity contribution in [1.82, 2.24) is 24.7 Å². The summed E-state index contributed by atoms with van der Waals surface area (Å²) in [5.41, 5.74) is 2.68. The smallest absolute Gasteiger partial charge is 0.271 e. The Bertz CT molecular complexity index is 1160. The van der Waals surface area contributed by atoms with Crippen molar-refractivity contribution < 1.29 is 9.66 Å². The van der Waals surface area contributed by atoms with E-state index in [1.165, 1.54) is 6.07 Å². The summed E-state index contributed by atoms with van der Waals surface area (Å²) in [5.74, 6) is 0. The zero-order valence-corrected chi connectivity index (χ0v) is 19.4. The lowest BCUT2D eigenvalue weighted by Crippen LogP contribution is -2.42. The number of nitro groups is 1. The molecule has 2 fully saturated rings. The summed E-state index contributed by atoms with van der Waals surface area (Å²) in [6, 6.07) is 16.3. The van der Waals surface area contributed by atoms with Gasteiger partial charge >= 0.3 is 0 Å². The first kappa shape index (κ1) is 22.5. The molecule has 0 radical (unpaired) electrons. The predicted molar refractivity (Wildman–Crippen MR) is 132 cm³/mol. The van der Waals surface area contributed by atoms with Crippen LogP contribution >= 0.6 is 12.2 Å². The van der Waals surface area contributed by atoms with Crippen LogP contribution in [0, 0.1) is 10.1 Å². The minimum absolute atomic E-state index is 0.0580. The van der Waals surface area contributed by atoms with Gasteiger partial charge in [-0.2, -0.15) is 0 Å². The maximum atomic E-state index is 11.4. The predicted octanol–water partition coefficient (Wildman–Crippen LogP) is 3.09. The SMILES string of the molecule is O=[N+]([O-])c1cccc(-n2cccc2C2C(c3ccccn3)NC(=S)N2CCN2CCOCC2)c1. The Morgan fingerprint density at radius 1 is 1.12 bits per heavy atom. The highest BCUT2D eigenvalue weighted by Crippen LogP contribution is 2.39. The molecule has 0 amide bonds. The summed E-state index contributed by atoms with van der Waals surface area (Å²) < 4.78 is 7.49. The van der Waals surface area contributed by atoms with Crippen molar-refractivity contribution in [2.24, 2.45) is 0 Å². The molecule has 0 bridgehead atoms. The topological polar surface area (TPSA) is 88.7 Å². The monoisotopic (exact) mass is 478 g/mol. The third-order valence-electron chi connectivity index (χ3n) is 6.36. The maximum absolute atomic E-state index is 11.4. The number of thiocarbonyl (C=S) groups is 1. The van der Waals surface area contributed by atoms with Crippen LogP contribution < -0.4 is 5.32 Å². The van der Waals surface area contributed by atoms with Crippen LogP contribution in [0.4, 0.5) is 5.69 Å². The maximum Gasteiger partial charge on any atom is 0.271 e. The molecule has 10 heteroatoms. The summed E-state index contributed by atoms with van der Waals surface area (Å²) in [6.07, 6.45) is 3.72. The number of nitro benzene ring substituents is 1. The fraction of sp³-hybridized carbons (Fsp3) is 0.333. The number of nitrogens with one attached hydrogen (secondary N) is 1. The summed E-state index contributed by atoms with van der Waals surface area (Å²) in [5, 5.41) is 15.5. The molecule has 9 nitrogen and oxygen atoms in total. The van der Waals surface area contributed by atoms with E-state index in [9.17, 15) is 10.1 Å². The van der Waals surface area contributed by atoms with Crippen LogP contribution in [0.1, 0.15) is 23.5 Å². The van der Waals surface area contributed by atoms with E-state index in [2.05, 4.69) is 26.2 Å². The molecule has 5 rings (SSSR count). The number of nitrogens with zero attached hydrogens (tertiary/aromatic N) is 5. The first-order chi connectivity index (χ1) is 16.6. The van der Waals surface area contributed by atoms with Crippen molar-refractivity contribution in [3.05, 3.63) is 88.5 Å². The van der Waals surface area contributed by atoms with Gasteiger partial charge in [-0.05, 0) is 42.5 Å². The minimum Gasteiger partial charge on any atom is -0.379 e. The first-order valence-electron chi connectivity index (χ1n) is 11.3. The third kappa shape index (κ3) is 4.52. The number of morpholine rings is 1. The Balaban J connectivity index is 1.51. The van der Waals surface area contributed by atoms with Gasteiger partial charge in [0.15, 0.2) is 5.11 Å². The summed E-state index contributed by atoms with van der Waals surface area (Å²) >= 11 is 5.80. The Kier molecular flexibility index (Phi) is 6.52. The highest BCUT2D eigenvalue weighted by molar-refractivity contribution is 7.80. The van der Waals surface area contributed by atoms with Crippen LogP contribution in [0.2, 0.25) is 0 Å². The van der Waals surface area contributed by atoms with Gasteiger partial charge in [0.25, 0.3) is 5.69 Å². The number of ether oxygens (including phenoxy) is 1. The van der Waals surface area contributed by atoms with E-state index < -0.39 is 0 Å². The van der Waals surface area contributed by atoms with E-state index in [4.69, 9.17) is 17.0 Å². The molecule has 2 atom stereocenters. The second-order valence-electron chi connectivity index (χ2n) is 8.35. The zero-order chi connectivity index (χ0) is 23.5. The average molecular weight is 479 g/mol. The van der Waals surface area contributed by atoms with Crippen molar-refractivity contribution >= 4 is 23.0 Å². The number of hydrogen-bond donors (Lipinski definition) is 1. The molecule has 0 saturated carbocycles. The van der Waals surface area contributed by atoms with Gasteiger partial charge in [0, 0.05) is 56.4 Å². The van der Waals surface area contributed by atoms with Crippen molar-refractivity contribution in [1.29, 1.82) is 0 Å². The lowest BCUT2D eigenvalue weighted by Gasteiger charge is -2.32. The number of aromatic nitrogens is 2. The Morgan fingerprint density at radius 2 is 1.97 bits per heavy atom. The fourth-order valence-electron chi connectivity index (χ4n) is 4.67. The molecule has 3 aromatic rings. The highest BCUT2D eigenvalue weighted by Gasteiger charge is 2.41. The lowest BCUT2D eigenvalue weighted by atomic mass is 10.0. The van der Waals surface area contributed by atoms with E-state index in [0.717, 1.165) is 56.5 Å². The van der Waals surface area contributed by atoms with Gasteiger partial charge in [-0.15, -0.1) is 0 Å². The minimum atomic E-state index is -0.371. The van der Waals surface area contributed by atoms with Crippen LogP contribution in [-0.4, -0.2) is 68.8 Å². The van der Waals surface area contributed by atoms with Gasteiger partial charge in [0.1, 0.15) is 0 Å². The Morgan fingerprint density at radius 3 is 2.74 bits per heavy atom. The molecule has 4 heterocycles. The molecule has 0 aliphatic carbocycles. The fourth-order valence-corrected chi connectivity index (χ4v) is 5.00. The molecule has 34 heavy (non-hydrogen) atoms. The highest BCUT2D eigenvalue weighted by atomic mass is 32.1. The summed E-state index contributed by atoms with van der Waals surface area (Å²) in [7, 11) is 0. The van der Waals surface area contributed by atoms with Crippen molar-refractivity contribution in [3.63, 3.8) is 0 Å². The van der Waals surface area contributed by atoms with Gasteiger partial charge in [-0.3, -0.25) is 20.0 Å². The Labute approximate surface area is 203 Å². The molecular formula is C24H26N6O3S. The average Bonchev–Trinajstić information content (AvgIpc) is 3.48. The first-order valence-corrected chi connectivity index (χ1v) is 11.7. The van der Waals surface area contributed by atoms with E-state index in [1.54, 1.807) is 18.3 Å². The molecule has 2 aromatic heterocycles. The second kappa shape index (κ2) is 9.88. The van der Waals surface area contributed by atoms with E-state index in [0.29, 0.717) is 5.11 Å².